The van der Waals surface area contributed by atoms with Crippen molar-refractivity contribution in [1.82, 2.24) is 0 Å². The highest BCUT2D eigenvalue weighted by Gasteiger charge is 2.81. The minimum atomic E-state index is -1.86. The second-order valence-corrected chi connectivity index (χ2v) is 20.3. The van der Waals surface area contributed by atoms with E-state index < -0.39 is 19.5 Å². The van der Waals surface area contributed by atoms with Crippen molar-refractivity contribution in [2.45, 2.75) is 115 Å². The Balaban J connectivity index is 1.27. The summed E-state index contributed by atoms with van der Waals surface area (Å²) in [6, 6.07) is 0. The van der Waals surface area contributed by atoms with Crippen LogP contribution in [0.5, 0.6) is 0 Å². The van der Waals surface area contributed by atoms with Crippen molar-refractivity contribution in [3.8, 4) is 11.8 Å². The zero-order valence-corrected chi connectivity index (χ0v) is 24.0. The normalized spacial score (nSPS) is 55.9. The summed E-state index contributed by atoms with van der Waals surface area (Å²) in [4.78, 5) is 0. The van der Waals surface area contributed by atoms with Crippen molar-refractivity contribution in [2.75, 3.05) is 6.61 Å². The smallest absolute Gasteiger partial charge is 0.193 e. The Morgan fingerprint density at radius 1 is 0.943 bits per heavy atom. The van der Waals surface area contributed by atoms with Crippen molar-refractivity contribution in [3.63, 3.8) is 0 Å². The molecule has 0 aliphatic heterocycles. The van der Waals surface area contributed by atoms with Gasteiger partial charge in [0.25, 0.3) is 0 Å². The van der Waals surface area contributed by atoms with E-state index in [1.54, 1.807) is 0 Å². The van der Waals surface area contributed by atoms with E-state index in [1.165, 1.54) is 0 Å². The molecule has 6 fully saturated rings. The monoisotopic (exact) mass is 500 g/mol. The predicted molar refractivity (Wildman–Crippen MR) is 140 cm³/mol. The fraction of sp³-hybridized carbons (Fsp3) is 0.933. The lowest BCUT2D eigenvalue weighted by Gasteiger charge is -2.64. The summed E-state index contributed by atoms with van der Waals surface area (Å²) in [5.74, 6) is 10.1. The molecule has 12 atom stereocenters. The van der Waals surface area contributed by atoms with Gasteiger partial charge in [-0.05, 0) is 97.6 Å². The molecule has 0 heterocycles. The van der Waals surface area contributed by atoms with Crippen molar-refractivity contribution < 1.29 is 19.7 Å². The molecule has 6 aliphatic carbocycles. The average molecular weight is 501 g/mol. The maximum atomic E-state index is 12.2. The van der Waals surface area contributed by atoms with E-state index in [1.807, 2.05) is 0 Å². The van der Waals surface area contributed by atoms with Gasteiger partial charge in [0.05, 0.1) is 18.3 Å². The van der Waals surface area contributed by atoms with Crippen LogP contribution < -0.4 is 0 Å². The summed E-state index contributed by atoms with van der Waals surface area (Å²) < 4.78 is 6.32. The molecule has 0 aromatic rings. The maximum absolute atomic E-state index is 12.2. The molecule has 6 saturated carbocycles. The number of aliphatic hydroxyl groups excluding tert-OH is 1. The first-order valence-corrected chi connectivity index (χ1v) is 17.3. The molecule has 3 N–H and O–H groups in total. The molecule has 0 aromatic carbocycles. The van der Waals surface area contributed by atoms with Crippen molar-refractivity contribution in [1.29, 1.82) is 0 Å². The Morgan fingerprint density at radius 2 is 1.60 bits per heavy atom. The van der Waals surface area contributed by atoms with Crippen LogP contribution in [0, 0.1) is 64.1 Å². The molecule has 35 heavy (non-hydrogen) atoms. The molecule has 0 saturated heterocycles. The highest BCUT2D eigenvalue weighted by molar-refractivity contribution is 6.74. The van der Waals surface area contributed by atoms with Crippen LogP contribution in [0.15, 0.2) is 0 Å². The van der Waals surface area contributed by atoms with Gasteiger partial charge in [0.2, 0.25) is 0 Å². The molecule has 196 valence electrons. The minimum Gasteiger partial charge on any atom is -0.406 e. The van der Waals surface area contributed by atoms with Gasteiger partial charge >= 0.3 is 0 Å². The zero-order valence-electron chi connectivity index (χ0n) is 23.0. The lowest BCUT2D eigenvalue weighted by atomic mass is 9.42. The Kier molecular flexibility index (Phi) is 5.11. The van der Waals surface area contributed by atoms with Gasteiger partial charge in [0.1, 0.15) is 5.60 Å². The second-order valence-electron chi connectivity index (χ2n) is 15.5. The Labute approximate surface area is 213 Å². The summed E-state index contributed by atoms with van der Waals surface area (Å²) in [5.41, 5.74) is -1.89. The van der Waals surface area contributed by atoms with Crippen LogP contribution >= 0.6 is 0 Å². The van der Waals surface area contributed by atoms with Crippen molar-refractivity contribution >= 4 is 8.32 Å². The number of hydrogen-bond donors (Lipinski definition) is 3. The van der Waals surface area contributed by atoms with Crippen LogP contribution in [0.25, 0.3) is 0 Å². The lowest BCUT2D eigenvalue weighted by Crippen LogP contribution is -2.65. The molecule has 5 heteroatoms. The van der Waals surface area contributed by atoms with Gasteiger partial charge in [-0.1, -0.05) is 46.5 Å². The second kappa shape index (κ2) is 7.17. The largest absolute Gasteiger partial charge is 0.406 e. The van der Waals surface area contributed by atoms with Gasteiger partial charge in [-0.2, -0.15) is 0 Å². The molecule has 4 nitrogen and oxygen atoms in total. The van der Waals surface area contributed by atoms with Gasteiger partial charge in [0, 0.05) is 17.8 Å². The minimum absolute atomic E-state index is 0.107. The zero-order chi connectivity index (χ0) is 25.4. The lowest BCUT2D eigenvalue weighted by molar-refractivity contribution is -0.233. The first kappa shape index (κ1) is 24.9. The van der Waals surface area contributed by atoms with Gasteiger partial charge < -0.3 is 19.7 Å². The van der Waals surface area contributed by atoms with Crippen LogP contribution in [-0.2, 0) is 4.43 Å². The van der Waals surface area contributed by atoms with E-state index in [0.717, 1.165) is 38.5 Å². The molecule has 0 bridgehead atoms. The van der Waals surface area contributed by atoms with E-state index in [9.17, 15) is 15.3 Å². The number of hydrogen-bond acceptors (Lipinski definition) is 4. The van der Waals surface area contributed by atoms with E-state index in [-0.39, 0.29) is 22.0 Å². The third-order valence-electron chi connectivity index (χ3n) is 13.2. The summed E-state index contributed by atoms with van der Waals surface area (Å²) in [7, 11) is -1.86. The Hall–Kier alpha value is -0.383. The molecular formula is C30H48O4Si. The summed E-state index contributed by atoms with van der Waals surface area (Å²) in [6.07, 6.45) is 6.23. The molecule has 6 rings (SSSR count). The van der Waals surface area contributed by atoms with E-state index >= 15 is 0 Å². The molecule has 3 unspecified atom stereocenters. The summed E-state index contributed by atoms with van der Waals surface area (Å²) in [5, 5.41) is 34.8. The number of fused-ring (bicyclic) bond motifs is 10. The van der Waals surface area contributed by atoms with Crippen molar-refractivity contribution in [3.05, 3.63) is 0 Å². The Bertz CT molecular complexity index is 977. The van der Waals surface area contributed by atoms with Gasteiger partial charge in [0.15, 0.2) is 8.32 Å². The summed E-state index contributed by atoms with van der Waals surface area (Å²) in [6.45, 7) is 16.4. The molecule has 0 spiro atoms. The Morgan fingerprint density at radius 3 is 2.29 bits per heavy atom. The predicted octanol–water partition coefficient (Wildman–Crippen LogP) is 4.97. The van der Waals surface area contributed by atoms with Gasteiger partial charge in [-0.3, -0.25) is 0 Å². The fourth-order valence-electron chi connectivity index (χ4n) is 10.0. The van der Waals surface area contributed by atoms with Gasteiger partial charge in [-0.15, -0.1) is 0 Å². The molecule has 0 amide bonds. The summed E-state index contributed by atoms with van der Waals surface area (Å²) >= 11 is 0. The fourth-order valence-corrected chi connectivity index (χ4v) is 10.9. The quantitative estimate of drug-likeness (QED) is 0.370. The molecule has 0 aromatic heterocycles. The van der Waals surface area contributed by atoms with Crippen LogP contribution in [0.2, 0.25) is 18.1 Å². The van der Waals surface area contributed by atoms with E-state index in [4.69, 9.17) is 4.43 Å². The number of rotatable bonds is 2. The van der Waals surface area contributed by atoms with Gasteiger partial charge in [-0.25, -0.2) is 0 Å². The first-order valence-electron chi connectivity index (χ1n) is 14.4. The first-order chi connectivity index (χ1) is 16.1. The molecular weight excluding hydrogens is 452 g/mol. The van der Waals surface area contributed by atoms with Crippen LogP contribution in [0.4, 0.5) is 0 Å². The highest BCUT2D eigenvalue weighted by Crippen LogP contribution is 2.81. The topological polar surface area (TPSA) is 69.9 Å². The van der Waals surface area contributed by atoms with E-state index in [2.05, 4.69) is 59.6 Å². The average Bonchev–Trinajstić information content (AvgIpc) is 3.65. The molecule has 0 radical (unpaired) electrons. The highest BCUT2D eigenvalue weighted by atomic mass is 28.4. The van der Waals surface area contributed by atoms with Crippen molar-refractivity contribution in [2.24, 2.45) is 52.3 Å². The SMILES string of the molecule is CC(C)(C)[Si](C)(C)OCC#C[C@]1(O)[C@H]2C[C@H]2C2C3C(CC[C@@]21C)[C@@]1(C)CC[C@H](O)C[C@@]1(O)[C@@H]1C[C@H]31. The van der Waals surface area contributed by atoms with Crippen LogP contribution in [0.1, 0.15) is 79.6 Å². The van der Waals surface area contributed by atoms with Crippen LogP contribution in [0.3, 0.4) is 0 Å². The van der Waals surface area contributed by atoms with Crippen LogP contribution in [-0.4, -0.2) is 47.5 Å². The van der Waals surface area contributed by atoms with E-state index in [0.29, 0.717) is 54.5 Å². The third-order valence-corrected chi connectivity index (χ3v) is 17.7. The third kappa shape index (κ3) is 3.07. The molecule has 6 aliphatic rings. The standard InChI is InChI=1S/C30H48O4Si/c1-26(2,3)35(6,7)34-14-8-11-29(32)23-16-20(23)25-24-19-15-22(19)30(33)17-18(31)9-12-27(30,4)21(24)10-13-28(25,29)5/h18-25,31-33H,9-10,12-17H2,1-7H3/t18-,19-,20+,21?,22+,23-,24?,25?,27+,28-,29-,30+/m0/s1. The maximum Gasteiger partial charge on any atom is 0.193 e. The number of aliphatic hydroxyl groups is 3.